The van der Waals surface area contributed by atoms with E-state index in [1.54, 1.807) is 0 Å². The summed E-state index contributed by atoms with van der Waals surface area (Å²) in [7, 11) is 0. The largest absolute Gasteiger partial charge is 0.247 e. The third-order valence-corrected chi connectivity index (χ3v) is 9.92. The quantitative estimate of drug-likeness (QED) is 0.220. The van der Waals surface area contributed by atoms with Crippen molar-refractivity contribution in [2.45, 2.75) is 60.3 Å². The molecule has 192 valence electrons. The van der Waals surface area contributed by atoms with E-state index in [9.17, 15) is 0 Å². The van der Waals surface area contributed by atoms with Gasteiger partial charge in [-0.25, -0.2) is 4.98 Å². The summed E-state index contributed by atoms with van der Waals surface area (Å²) in [5.41, 5.74) is 8.64. The van der Waals surface area contributed by atoms with Crippen molar-refractivity contribution in [2.75, 3.05) is 0 Å². The molecule has 3 heterocycles. The van der Waals surface area contributed by atoms with E-state index in [0.717, 1.165) is 17.6 Å². The van der Waals surface area contributed by atoms with Gasteiger partial charge < -0.3 is 0 Å². The number of fused-ring (bicyclic) bond motifs is 3. The average molecular weight is 534 g/mol. The lowest BCUT2D eigenvalue weighted by molar-refractivity contribution is 0.596. The summed E-state index contributed by atoms with van der Waals surface area (Å²) in [6, 6.07) is 25.2. The zero-order valence-corrected chi connectivity index (χ0v) is 25.0. The van der Waals surface area contributed by atoms with Crippen LogP contribution in [0.4, 0.5) is 0 Å². The molecule has 0 aliphatic carbocycles. The van der Waals surface area contributed by atoms with Gasteiger partial charge in [0.25, 0.3) is 0 Å². The van der Waals surface area contributed by atoms with Crippen molar-refractivity contribution < 1.29 is 0 Å². The summed E-state index contributed by atoms with van der Waals surface area (Å²) in [5.74, 6) is 0.668. The van der Waals surface area contributed by atoms with Crippen molar-refractivity contribution in [3.63, 3.8) is 0 Å². The second-order valence-electron chi connectivity index (χ2n) is 12.1. The van der Waals surface area contributed by atoms with E-state index >= 15 is 0 Å². The van der Waals surface area contributed by atoms with Crippen LogP contribution >= 0.6 is 22.7 Å². The molecule has 1 nitrogen and oxygen atoms in total. The molecule has 0 radical (unpaired) electrons. The summed E-state index contributed by atoms with van der Waals surface area (Å²) in [5, 5.41) is 3.95. The fourth-order valence-corrected chi connectivity index (χ4v) is 7.94. The molecular weight excluding hydrogens is 499 g/mol. The number of rotatable bonds is 4. The summed E-state index contributed by atoms with van der Waals surface area (Å²) < 4.78 is 2.66. The minimum atomic E-state index is 0.0370. The molecule has 0 saturated carbocycles. The molecule has 6 rings (SSSR count). The molecule has 3 aromatic carbocycles. The molecule has 0 aliphatic rings. The van der Waals surface area contributed by atoms with Crippen LogP contribution in [0.15, 0.2) is 66.7 Å². The highest BCUT2D eigenvalue weighted by Gasteiger charge is 2.21. The van der Waals surface area contributed by atoms with Crippen molar-refractivity contribution in [1.29, 1.82) is 0 Å². The number of nitrogens with zero attached hydrogens (tertiary/aromatic N) is 1. The SMILES string of the molecule is Cc1sc2c(-c3ccc4cc(CC(C)C)sc4c3)cc(-c3cc(C(C)(C)C)c4ccccc4c3)nc2c1C. The summed E-state index contributed by atoms with van der Waals surface area (Å²) in [6.45, 7) is 15.9. The van der Waals surface area contributed by atoms with Gasteiger partial charge in [0.1, 0.15) is 0 Å². The van der Waals surface area contributed by atoms with E-state index in [1.807, 2.05) is 22.7 Å². The van der Waals surface area contributed by atoms with Gasteiger partial charge in [-0.3, -0.25) is 0 Å². The van der Waals surface area contributed by atoms with E-state index < -0.39 is 0 Å². The maximum absolute atomic E-state index is 5.29. The Bertz CT molecular complexity index is 1820. The highest BCUT2D eigenvalue weighted by molar-refractivity contribution is 7.20. The molecule has 0 saturated heterocycles. The first-order valence-electron chi connectivity index (χ1n) is 13.6. The number of hydrogen-bond acceptors (Lipinski definition) is 3. The Balaban J connectivity index is 1.59. The Labute approximate surface area is 234 Å². The van der Waals surface area contributed by atoms with Gasteiger partial charge >= 0.3 is 0 Å². The number of pyridine rings is 1. The Morgan fingerprint density at radius 2 is 1.61 bits per heavy atom. The summed E-state index contributed by atoms with van der Waals surface area (Å²) in [6.07, 6.45) is 1.14. The van der Waals surface area contributed by atoms with E-state index in [1.165, 1.54) is 63.1 Å². The molecule has 0 N–H and O–H groups in total. The molecule has 0 spiro atoms. The molecule has 0 bridgehead atoms. The lowest BCUT2D eigenvalue weighted by atomic mass is 9.82. The maximum atomic E-state index is 5.29. The smallest absolute Gasteiger partial charge is 0.0855 e. The van der Waals surface area contributed by atoms with Crippen molar-refractivity contribution in [3.8, 4) is 22.4 Å². The van der Waals surface area contributed by atoms with Gasteiger partial charge in [-0.05, 0) is 94.8 Å². The van der Waals surface area contributed by atoms with Gasteiger partial charge in [-0.2, -0.15) is 0 Å². The van der Waals surface area contributed by atoms with Crippen molar-refractivity contribution in [2.24, 2.45) is 5.92 Å². The monoisotopic (exact) mass is 533 g/mol. The zero-order valence-electron chi connectivity index (χ0n) is 23.4. The van der Waals surface area contributed by atoms with Crippen LogP contribution in [0.5, 0.6) is 0 Å². The molecule has 6 aromatic rings. The van der Waals surface area contributed by atoms with Gasteiger partial charge in [0.2, 0.25) is 0 Å². The van der Waals surface area contributed by atoms with Crippen LogP contribution in [-0.4, -0.2) is 4.98 Å². The second kappa shape index (κ2) is 9.32. The van der Waals surface area contributed by atoms with Gasteiger partial charge in [-0.1, -0.05) is 71.0 Å². The Kier molecular flexibility index (Phi) is 6.20. The standard InChI is InChI=1S/C35H35NS2/c1-20(2)14-27-16-25-13-12-24(18-32(25)38-27)29-19-31(36-33-21(3)22(4)37-34(29)33)26-15-23-10-8-9-11-28(23)30(17-26)35(5,6)7/h8-13,15-20H,14H2,1-7H3. The third-order valence-electron chi connectivity index (χ3n) is 7.57. The molecule has 0 aliphatic heterocycles. The van der Waals surface area contributed by atoms with Crippen molar-refractivity contribution in [1.82, 2.24) is 4.98 Å². The number of aromatic nitrogens is 1. The van der Waals surface area contributed by atoms with Crippen LogP contribution in [0.3, 0.4) is 0 Å². The van der Waals surface area contributed by atoms with Crippen molar-refractivity contribution >= 4 is 53.7 Å². The highest BCUT2D eigenvalue weighted by Crippen LogP contribution is 2.42. The molecule has 0 atom stereocenters. The van der Waals surface area contributed by atoms with Crippen LogP contribution in [0, 0.1) is 19.8 Å². The minimum Gasteiger partial charge on any atom is -0.247 e. The lowest BCUT2D eigenvalue weighted by Crippen LogP contribution is -2.12. The first-order valence-corrected chi connectivity index (χ1v) is 15.2. The molecule has 3 aromatic heterocycles. The minimum absolute atomic E-state index is 0.0370. The number of aryl methyl sites for hydroxylation is 2. The molecule has 38 heavy (non-hydrogen) atoms. The summed E-state index contributed by atoms with van der Waals surface area (Å²) in [4.78, 5) is 8.11. The topological polar surface area (TPSA) is 12.9 Å². The van der Waals surface area contributed by atoms with Crippen LogP contribution < -0.4 is 0 Å². The normalized spacial score (nSPS) is 12.4. The number of hydrogen-bond donors (Lipinski definition) is 0. The second-order valence-corrected chi connectivity index (χ2v) is 14.5. The van der Waals surface area contributed by atoms with Gasteiger partial charge in [0.15, 0.2) is 0 Å². The van der Waals surface area contributed by atoms with Crippen molar-refractivity contribution in [3.05, 3.63) is 87.6 Å². The van der Waals surface area contributed by atoms with E-state index in [0.29, 0.717) is 5.92 Å². The first kappa shape index (κ1) is 25.3. The van der Waals surface area contributed by atoms with Gasteiger partial charge in [0, 0.05) is 25.6 Å². The van der Waals surface area contributed by atoms with Crippen LogP contribution in [0.1, 0.15) is 55.5 Å². The van der Waals surface area contributed by atoms with E-state index in [4.69, 9.17) is 4.98 Å². The Morgan fingerprint density at radius 1 is 0.816 bits per heavy atom. The zero-order chi connectivity index (χ0) is 26.8. The maximum Gasteiger partial charge on any atom is 0.0855 e. The number of thiophene rings is 2. The van der Waals surface area contributed by atoms with Crippen LogP contribution in [0.25, 0.3) is 53.5 Å². The molecule has 0 fully saturated rings. The highest BCUT2D eigenvalue weighted by atomic mass is 32.1. The molecular formula is C35H35NS2. The molecule has 3 heteroatoms. The van der Waals surface area contributed by atoms with E-state index in [-0.39, 0.29) is 5.41 Å². The predicted molar refractivity (Wildman–Crippen MR) is 170 cm³/mol. The molecule has 0 unspecified atom stereocenters. The van der Waals surface area contributed by atoms with Crippen LogP contribution in [0.2, 0.25) is 0 Å². The lowest BCUT2D eigenvalue weighted by Gasteiger charge is -2.23. The van der Waals surface area contributed by atoms with Crippen LogP contribution in [-0.2, 0) is 11.8 Å². The fourth-order valence-electron chi connectivity index (χ4n) is 5.49. The van der Waals surface area contributed by atoms with E-state index in [2.05, 4.69) is 115 Å². The number of benzene rings is 3. The Hall–Kier alpha value is -3.01. The van der Waals surface area contributed by atoms with Gasteiger partial charge in [0.05, 0.1) is 15.9 Å². The van der Waals surface area contributed by atoms with Gasteiger partial charge in [-0.15, -0.1) is 22.7 Å². The first-order chi connectivity index (χ1) is 18.1. The third kappa shape index (κ3) is 4.46. The molecule has 0 amide bonds. The predicted octanol–water partition coefficient (Wildman–Crippen LogP) is 11.1. The Morgan fingerprint density at radius 3 is 2.37 bits per heavy atom. The summed E-state index contributed by atoms with van der Waals surface area (Å²) >= 11 is 3.82. The average Bonchev–Trinajstić information content (AvgIpc) is 3.40. The fraction of sp³-hybridized carbons (Fsp3) is 0.286.